The Hall–Kier alpha value is -0.900. The summed E-state index contributed by atoms with van der Waals surface area (Å²) in [5.41, 5.74) is 0.716. The van der Waals surface area contributed by atoms with Crippen LogP contribution in [0.4, 0.5) is 4.39 Å². The van der Waals surface area contributed by atoms with Crippen LogP contribution in [0.3, 0.4) is 0 Å². The zero-order valence-corrected chi connectivity index (χ0v) is 20.5. The van der Waals surface area contributed by atoms with Gasteiger partial charge in [0, 0.05) is 30.7 Å². The Kier molecular flexibility index (Phi) is 12.0. The summed E-state index contributed by atoms with van der Waals surface area (Å²) in [5.74, 6) is 0.595. The predicted molar refractivity (Wildman–Crippen MR) is 125 cm³/mol. The van der Waals surface area contributed by atoms with Gasteiger partial charge in [-0.3, -0.25) is 9.79 Å². The Morgan fingerprint density at radius 1 is 1.36 bits per heavy atom. The zero-order valence-electron chi connectivity index (χ0n) is 16.5. The van der Waals surface area contributed by atoms with Gasteiger partial charge >= 0.3 is 5.97 Å². The summed E-state index contributed by atoms with van der Waals surface area (Å²) in [5, 5.41) is 3.32. The van der Waals surface area contributed by atoms with Gasteiger partial charge in [-0.2, -0.15) is 0 Å². The maximum Gasteiger partial charge on any atom is 0.309 e. The molecule has 1 fully saturated rings. The number of aryl methyl sites for hydroxylation is 1. The summed E-state index contributed by atoms with van der Waals surface area (Å²) in [6.45, 7) is 7.31. The maximum absolute atomic E-state index is 13.9. The number of esters is 1. The molecule has 1 aliphatic heterocycles. The van der Waals surface area contributed by atoms with Gasteiger partial charge in [-0.25, -0.2) is 4.39 Å². The van der Waals surface area contributed by atoms with Crippen molar-refractivity contribution < 1.29 is 13.9 Å². The zero-order chi connectivity index (χ0) is 19.6. The van der Waals surface area contributed by atoms with E-state index in [9.17, 15) is 9.18 Å². The van der Waals surface area contributed by atoms with Gasteiger partial charge in [0.25, 0.3) is 0 Å². The fourth-order valence-electron chi connectivity index (χ4n) is 3.19. The molecule has 0 radical (unpaired) electrons. The second kappa shape index (κ2) is 13.3. The third-order valence-corrected chi connectivity index (χ3v) is 5.12. The van der Waals surface area contributed by atoms with Crippen molar-refractivity contribution in [2.45, 2.75) is 39.5 Å². The number of nitrogens with one attached hydrogen (secondary N) is 1. The van der Waals surface area contributed by atoms with Gasteiger partial charge in [0.2, 0.25) is 0 Å². The minimum absolute atomic E-state index is 0. The topological polar surface area (TPSA) is 53.9 Å². The van der Waals surface area contributed by atoms with E-state index >= 15 is 0 Å². The number of hydrogen-bond donors (Lipinski definition) is 1. The highest BCUT2D eigenvalue weighted by molar-refractivity contribution is 14.0. The van der Waals surface area contributed by atoms with Crippen molar-refractivity contribution in [3.63, 3.8) is 0 Å². The molecule has 158 valence electrons. The van der Waals surface area contributed by atoms with Crippen LogP contribution < -0.4 is 5.32 Å². The number of ether oxygens (including phenoxy) is 1. The van der Waals surface area contributed by atoms with Gasteiger partial charge in [-0.15, -0.1) is 24.0 Å². The number of hydrogen-bond acceptors (Lipinski definition) is 3. The summed E-state index contributed by atoms with van der Waals surface area (Å²) < 4.78 is 19.8. The van der Waals surface area contributed by atoms with Crippen LogP contribution in [0.5, 0.6) is 0 Å². The number of carbonyl (C=O) groups is 1. The number of carbonyl (C=O) groups excluding carboxylic acids is 1. The average molecular weight is 570 g/mol. The van der Waals surface area contributed by atoms with E-state index in [1.807, 2.05) is 26.0 Å². The first-order chi connectivity index (χ1) is 13.0. The molecule has 0 atom stereocenters. The minimum Gasteiger partial charge on any atom is -0.466 e. The van der Waals surface area contributed by atoms with Crippen LogP contribution in [-0.2, 0) is 16.0 Å². The van der Waals surface area contributed by atoms with Gasteiger partial charge in [0.1, 0.15) is 5.82 Å². The van der Waals surface area contributed by atoms with Gasteiger partial charge in [0.05, 0.1) is 12.5 Å². The smallest absolute Gasteiger partial charge is 0.309 e. The van der Waals surface area contributed by atoms with Crippen molar-refractivity contribution in [1.29, 1.82) is 0 Å². The summed E-state index contributed by atoms with van der Waals surface area (Å²) >= 11 is 3.28. The molecule has 0 unspecified atom stereocenters. The molecule has 0 amide bonds. The van der Waals surface area contributed by atoms with E-state index in [-0.39, 0.29) is 41.7 Å². The lowest BCUT2D eigenvalue weighted by molar-refractivity contribution is -0.149. The highest BCUT2D eigenvalue weighted by Crippen LogP contribution is 2.19. The quantitative estimate of drug-likeness (QED) is 0.174. The monoisotopic (exact) mass is 569 g/mol. The Morgan fingerprint density at radius 2 is 2.07 bits per heavy atom. The van der Waals surface area contributed by atoms with Crippen molar-refractivity contribution in [2.24, 2.45) is 10.9 Å². The molecule has 5 nitrogen and oxygen atoms in total. The Morgan fingerprint density at radius 3 is 2.68 bits per heavy atom. The molecule has 8 heteroatoms. The number of nitrogens with zero attached hydrogens (tertiary/aromatic N) is 2. The molecule has 1 saturated heterocycles. The third kappa shape index (κ3) is 7.85. The second-order valence-corrected chi connectivity index (χ2v) is 7.50. The third-order valence-electron chi connectivity index (χ3n) is 4.63. The lowest BCUT2D eigenvalue weighted by Crippen LogP contribution is -2.46. The molecule has 0 bridgehead atoms. The normalized spacial score (nSPS) is 15.1. The highest BCUT2D eigenvalue weighted by atomic mass is 127. The second-order valence-electron chi connectivity index (χ2n) is 6.59. The number of aliphatic imine (C=N–C) groups is 1. The first-order valence-corrected chi connectivity index (χ1v) is 10.5. The molecule has 2 rings (SSSR count). The van der Waals surface area contributed by atoms with Crippen molar-refractivity contribution in [3.05, 3.63) is 34.1 Å². The number of rotatable bonds is 7. The van der Waals surface area contributed by atoms with E-state index in [0.29, 0.717) is 25.1 Å². The maximum atomic E-state index is 13.9. The molecule has 1 aromatic rings. The van der Waals surface area contributed by atoms with Crippen molar-refractivity contribution in [1.82, 2.24) is 10.2 Å². The predicted octanol–water partition coefficient (Wildman–Crippen LogP) is 4.38. The van der Waals surface area contributed by atoms with E-state index in [1.54, 1.807) is 0 Å². The lowest BCUT2D eigenvalue weighted by atomic mass is 9.97. The number of benzene rings is 1. The summed E-state index contributed by atoms with van der Waals surface area (Å²) in [4.78, 5) is 18.8. The lowest BCUT2D eigenvalue weighted by Gasteiger charge is -2.33. The molecule has 0 aliphatic carbocycles. The summed E-state index contributed by atoms with van der Waals surface area (Å²) in [6, 6.07) is 5.17. The van der Waals surface area contributed by atoms with E-state index in [2.05, 4.69) is 31.1 Å². The van der Waals surface area contributed by atoms with Crippen LogP contribution in [0, 0.1) is 11.7 Å². The molecule has 1 aromatic carbocycles. The first-order valence-electron chi connectivity index (χ1n) is 9.69. The number of likely N-dealkylation sites (tertiary alicyclic amines) is 1. The Labute approximate surface area is 192 Å². The highest BCUT2D eigenvalue weighted by Gasteiger charge is 2.27. The fraction of sp³-hybridized carbons (Fsp3) is 0.600. The van der Waals surface area contributed by atoms with Crippen molar-refractivity contribution in [3.8, 4) is 0 Å². The van der Waals surface area contributed by atoms with Gasteiger partial charge in [0.15, 0.2) is 5.96 Å². The molecule has 1 aliphatic rings. The molecule has 0 saturated carbocycles. The van der Waals surface area contributed by atoms with Gasteiger partial charge in [-0.1, -0.05) is 22.0 Å². The number of guanidine groups is 1. The van der Waals surface area contributed by atoms with E-state index in [4.69, 9.17) is 4.74 Å². The minimum atomic E-state index is -0.179. The van der Waals surface area contributed by atoms with Crippen molar-refractivity contribution in [2.75, 3.05) is 32.8 Å². The largest absolute Gasteiger partial charge is 0.466 e. The van der Waals surface area contributed by atoms with Crippen molar-refractivity contribution >= 4 is 51.8 Å². The standard InChI is InChI=1S/C20H29BrFN3O2.HI/c1-3-23-20(25-12-9-16(10-13-25)19(26)27-4-2)24-11-5-6-15-7-8-17(21)14-18(15)22;/h7-8,14,16H,3-6,9-13H2,1-2H3,(H,23,24);1H. The number of piperidine rings is 1. The fourth-order valence-corrected chi connectivity index (χ4v) is 3.52. The van der Waals surface area contributed by atoms with Gasteiger partial charge in [-0.05, 0) is 57.2 Å². The van der Waals surface area contributed by atoms with Crippen LogP contribution in [0.25, 0.3) is 0 Å². The molecular formula is C20H30BrFIN3O2. The summed E-state index contributed by atoms with van der Waals surface area (Å²) in [7, 11) is 0. The Bertz CT molecular complexity index is 652. The molecule has 0 spiro atoms. The molecular weight excluding hydrogens is 540 g/mol. The van der Waals surface area contributed by atoms with Gasteiger partial charge < -0.3 is 15.0 Å². The van der Waals surface area contributed by atoms with E-state index in [1.165, 1.54) is 6.07 Å². The molecule has 1 heterocycles. The number of halogens is 3. The molecule has 0 aromatic heterocycles. The summed E-state index contributed by atoms with van der Waals surface area (Å²) in [6.07, 6.45) is 3.01. The van der Waals surface area contributed by atoms with E-state index < -0.39 is 0 Å². The van der Waals surface area contributed by atoms with Crippen LogP contribution >= 0.6 is 39.9 Å². The van der Waals surface area contributed by atoms with Crippen LogP contribution in [0.15, 0.2) is 27.7 Å². The van der Waals surface area contributed by atoms with Crippen LogP contribution in [-0.4, -0.2) is 49.6 Å². The first kappa shape index (κ1) is 25.1. The van der Waals surface area contributed by atoms with Crippen LogP contribution in [0.2, 0.25) is 0 Å². The van der Waals surface area contributed by atoms with Crippen LogP contribution in [0.1, 0.15) is 38.7 Å². The Balaban J connectivity index is 0.00000392. The SMILES string of the molecule is CCNC(=NCCCc1ccc(Br)cc1F)N1CCC(C(=O)OCC)CC1.I. The van der Waals surface area contributed by atoms with E-state index in [0.717, 1.165) is 49.3 Å². The molecule has 1 N–H and O–H groups in total. The molecule has 28 heavy (non-hydrogen) atoms. The average Bonchev–Trinajstić information content (AvgIpc) is 2.66.